The van der Waals surface area contributed by atoms with Crippen LogP contribution in [-0.4, -0.2) is 55.1 Å². The summed E-state index contributed by atoms with van der Waals surface area (Å²) in [5.41, 5.74) is 0.660. The summed E-state index contributed by atoms with van der Waals surface area (Å²) in [6, 6.07) is 1.10. The van der Waals surface area contributed by atoms with Crippen LogP contribution in [-0.2, 0) is 14.6 Å². The normalized spacial score (nSPS) is 19.3. The van der Waals surface area contributed by atoms with Crippen LogP contribution < -0.4 is 10.6 Å². The second-order valence-corrected chi connectivity index (χ2v) is 7.76. The molecule has 2 heterocycles. The van der Waals surface area contributed by atoms with Gasteiger partial charge in [0.1, 0.15) is 5.69 Å². The molecule has 3 N–H and O–H groups in total. The number of aromatic nitrogens is 1. The minimum Gasteiger partial charge on any atom is -0.356 e. The predicted molar refractivity (Wildman–Crippen MR) is 82.9 cm³/mol. The van der Waals surface area contributed by atoms with Gasteiger partial charge in [-0.15, -0.1) is 0 Å². The topological polar surface area (TPSA) is 125 Å². The molecule has 126 valence electrons. The van der Waals surface area contributed by atoms with Gasteiger partial charge in [-0.05, 0) is 19.4 Å². The number of rotatable bonds is 6. The highest BCUT2D eigenvalue weighted by Crippen LogP contribution is 2.11. The fraction of sp³-hybridized carbons (Fsp3) is 0.500. The smallest absolute Gasteiger partial charge is 0.267 e. The van der Waals surface area contributed by atoms with Crippen LogP contribution in [0.2, 0.25) is 0 Å². The molecule has 0 aliphatic carbocycles. The van der Waals surface area contributed by atoms with Crippen molar-refractivity contribution in [3.8, 4) is 0 Å². The van der Waals surface area contributed by atoms with Gasteiger partial charge in [-0.1, -0.05) is 0 Å². The Morgan fingerprint density at radius 3 is 2.65 bits per heavy atom. The summed E-state index contributed by atoms with van der Waals surface area (Å²) in [5, 5.41) is 5.21. The Hall–Kier alpha value is -2.16. The minimum atomic E-state index is -3.03. The summed E-state index contributed by atoms with van der Waals surface area (Å²) in [6.07, 6.45) is 1.93. The van der Waals surface area contributed by atoms with E-state index in [4.69, 9.17) is 0 Å². The second kappa shape index (κ2) is 6.95. The molecule has 2 amide bonds. The molecule has 2 rings (SSSR count). The van der Waals surface area contributed by atoms with Gasteiger partial charge < -0.3 is 15.6 Å². The average molecular weight is 341 g/mol. The van der Waals surface area contributed by atoms with Gasteiger partial charge in [0.05, 0.1) is 11.5 Å². The molecule has 0 radical (unpaired) electrons. The Bertz CT molecular complexity index is 723. The SMILES string of the molecule is CC(=O)c1c[nH]c(C(=O)NCCC(=O)NC2CCS(=O)(=O)C2)c1. The summed E-state index contributed by atoms with van der Waals surface area (Å²) in [6.45, 7) is 1.52. The molecule has 8 nitrogen and oxygen atoms in total. The van der Waals surface area contributed by atoms with Crippen LogP contribution in [0.5, 0.6) is 0 Å². The highest BCUT2D eigenvalue weighted by atomic mass is 32.2. The molecule has 9 heteroatoms. The van der Waals surface area contributed by atoms with Crippen LogP contribution >= 0.6 is 0 Å². The number of hydrogen-bond donors (Lipinski definition) is 3. The van der Waals surface area contributed by atoms with Crippen molar-refractivity contribution in [2.45, 2.75) is 25.8 Å². The lowest BCUT2D eigenvalue weighted by Gasteiger charge is -2.10. The van der Waals surface area contributed by atoms with Gasteiger partial charge in [-0.25, -0.2) is 8.42 Å². The van der Waals surface area contributed by atoms with Gasteiger partial charge >= 0.3 is 0 Å². The third-order valence-corrected chi connectivity index (χ3v) is 5.34. The van der Waals surface area contributed by atoms with Crippen molar-refractivity contribution in [3.63, 3.8) is 0 Å². The molecule has 23 heavy (non-hydrogen) atoms. The molecule has 0 spiro atoms. The lowest BCUT2D eigenvalue weighted by Crippen LogP contribution is -2.37. The second-order valence-electron chi connectivity index (χ2n) is 5.53. The Kier molecular flexibility index (Phi) is 5.19. The maximum atomic E-state index is 11.8. The number of aromatic amines is 1. The first-order chi connectivity index (χ1) is 10.8. The summed E-state index contributed by atoms with van der Waals surface area (Å²) in [4.78, 5) is 37.4. The minimum absolute atomic E-state index is 0.0264. The highest BCUT2D eigenvalue weighted by Gasteiger charge is 2.28. The van der Waals surface area contributed by atoms with Gasteiger partial charge in [-0.3, -0.25) is 14.4 Å². The van der Waals surface area contributed by atoms with Crippen LogP contribution in [0.15, 0.2) is 12.3 Å². The first-order valence-corrected chi connectivity index (χ1v) is 9.06. The van der Waals surface area contributed by atoms with E-state index in [1.807, 2.05) is 0 Å². The molecule has 1 fully saturated rings. The fourth-order valence-electron chi connectivity index (χ4n) is 2.32. The number of amides is 2. The maximum Gasteiger partial charge on any atom is 0.267 e. The van der Waals surface area contributed by atoms with Crippen molar-refractivity contribution in [3.05, 3.63) is 23.5 Å². The number of Topliss-reactive ketones (excluding diaryl/α,β-unsaturated/α-hetero) is 1. The van der Waals surface area contributed by atoms with E-state index < -0.39 is 15.7 Å². The lowest BCUT2D eigenvalue weighted by molar-refractivity contribution is -0.121. The number of H-pyrrole nitrogens is 1. The largest absolute Gasteiger partial charge is 0.356 e. The van der Waals surface area contributed by atoms with E-state index in [2.05, 4.69) is 15.6 Å². The van der Waals surface area contributed by atoms with E-state index in [9.17, 15) is 22.8 Å². The van der Waals surface area contributed by atoms with Crippen LogP contribution in [0.1, 0.15) is 40.6 Å². The van der Waals surface area contributed by atoms with Gasteiger partial charge in [0, 0.05) is 30.8 Å². The zero-order valence-electron chi connectivity index (χ0n) is 12.7. The molecule has 1 saturated heterocycles. The average Bonchev–Trinajstić information content (AvgIpc) is 3.05. The van der Waals surface area contributed by atoms with Crippen molar-refractivity contribution >= 4 is 27.4 Å². The van der Waals surface area contributed by atoms with Crippen molar-refractivity contribution < 1.29 is 22.8 Å². The third-order valence-electron chi connectivity index (χ3n) is 3.57. The molecular formula is C14H19N3O5S. The first-order valence-electron chi connectivity index (χ1n) is 7.24. The van der Waals surface area contributed by atoms with Crippen molar-refractivity contribution in [2.75, 3.05) is 18.1 Å². The predicted octanol–water partition coefficient (Wildman–Crippen LogP) is -0.359. The van der Waals surface area contributed by atoms with Crippen molar-refractivity contribution in [1.29, 1.82) is 0 Å². The Labute approximate surface area is 133 Å². The van der Waals surface area contributed by atoms with E-state index >= 15 is 0 Å². The quantitative estimate of drug-likeness (QED) is 0.609. The molecule has 1 atom stereocenters. The van der Waals surface area contributed by atoms with Crippen LogP contribution in [0.25, 0.3) is 0 Å². The molecule has 1 aliphatic heterocycles. The van der Waals surface area contributed by atoms with E-state index in [0.29, 0.717) is 12.0 Å². The van der Waals surface area contributed by atoms with Gasteiger partial charge in [0.25, 0.3) is 5.91 Å². The Balaban J connectivity index is 1.72. The van der Waals surface area contributed by atoms with E-state index in [0.717, 1.165) is 0 Å². The molecule has 0 saturated carbocycles. The first kappa shape index (κ1) is 17.2. The number of ketones is 1. The molecule has 0 aromatic carbocycles. The van der Waals surface area contributed by atoms with Crippen molar-refractivity contribution in [1.82, 2.24) is 15.6 Å². The van der Waals surface area contributed by atoms with E-state index in [1.54, 1.807) is 0 Å². The van der Waals surface area contributed by atoms with E-state index in [-0.39, 0.29) is 47.9 Å². The number of carbonyl (C=O) groups excluding carboxylic acids is 3. The van der Waals surface area contributed by atoms with Gasteiger partial charge in [0.2, 0.25) is 5.91 Å². The zero-order valence-corrected chi connectivity index (χ0v) is 13.5. The van der Waals surface area contributed by atoms with E-state index in [1.165, 1.54) is 19.2 Å². The number of hydrogen-bond acceptors (Lipinski definition) is 5. The number of carbonyl (C=O) groups is 3. The van der Waals surface area contributed by atoms with Gasteiger partial charge in [-0.2, -0.15) is 0 Å². The summed E-state index contributed by atoms with van der Waals surface area (Å²) in [5.74, 6) is -0.787. The molecule has 1 aromatic heterocycles. The highest BCUT2D eigenvalue weighted by molar-refractivity contribution is 7.91. The number of sulfone groups is 1. The monoisotopic (exact) mass is 341 g/mol. The molecule has 1 aliphatic rings. The van der Waals surface area contributed by atoms with Crippen LogP contribution in [0, 0.1) is 0 Å². The summed E-state index contributed by atoms with van der Waals surface area (Å²) in [7, 11) is -3.03. The zero-order chi connectivity index (χ0) is 17.0. The molecule has 1 aromatic rings. The summed E-state index contributed by atoms with van der Waals surface area (Å²) >= 11 is 0. The Morgan fingerprint density at radius 2 is 2.09 bits per heavy atom. The maximum absolute atomic E-state index is 11.8. The third kappa shape index (κ3) is 4.92. The van der Waals surface area contributed by atoms with Gasteiger partial charge in [0.15, 0.2) is 15.6 Å². The molecule has 0 bridgehead atoms. The summed E-state index contributed by atoms with van der Waals surface area (Å²) < 4.78 is 22.6. The lowest BCUT2D eigenvalue weighted by atomic mass is 10.2. The van der Waals surface area contributed by atoms with Crippen LogP contribution in [0.4, 0.5) is 0 Å². The number of nitrogens with one attached hydrogen (secondary N) is 3. The van der Waals surface area contributed by atoms with Crippen molar-refractivity contribution in [2.24, 2.45) is 0 Å². The fourth-order valence-corrected chi connectivity index (χ4v) is 4.00. The van der Waals surface area contributed by atoms with Crippen LogP contribution in [0.3, 0.4) is 0 Å². The molecule has 1 unspecified atom stereocenters. The molecular weight excluding hydrogens is 322 g/mol. The standard InChI is InChI=1S/C14H19N3O5S/c1-9(18)10-6-12(16-7-10)14(20)15-4-2-13(19)17-11-3-5-23(21,22)8-11/h6-7,11,16H,2-5,8H2,1H3,(H,15,20)(H,17,19). The Morgan fingerprint density at radius 1 is 1.35 bits per heavy atom.